The number of hydrogen-bond donors (Lipinski definition) is 0. The molecule has 0 unspecified atom stereocenters. The van der Waals surface area contributed by atoms with Gasteiger partial charge in [-0.05, 0) is 72.8 Å². The molecule has 70 heavy (non-hydrogen) atoms. The number of rotatable bonds is 6. The second-order valence-electron chi connectivity index (χ2n) is 17.7. The predicted molar refractivity (Wildman–Crippen MR) is 283 cm³/mol. The van der Waals surface area contributed by atoms with Gasteiger partial charge in [-0.15, -0.1) is 0 Å². The predicted octanol–water partition coefficient (Wildman–Crippen LogP) is 15.9. The van der Waals surface area contributed by atoms with Crippen LogP contribution in [0.1, 0.15) is 0 Å². The molecule has 9 aromatic carbocycles. The zero-order valence-corrected chi connectivity index (χ0v) is 37.3. The molecule has 0 aliphatic heterocycles. The van der Waals surface area contributed by atoms with Crippen molar-refractivity contribution in [2.45, 2.75) is 0 Å². The summed E-state index contributed by atoms with van der Waals surface area (Å²) < 4.78 is 18.2. The maximum absolute atomic E-state index is 6.75. The Morgan fingerprint density at radius 3 is 1.33 bits per heavy atom. The van der Waals surface area contributed by atoms with E-state index < -0.39 is 0 Å². The van der Waals surface area contributed by atoms with Crippen LogP contribution in [0.15, 0.2) is 227 Å². The van der Waals surface area contributed by atoms with Crippen LogP contribution in [0, 0.1) is 0 Å². The minimum absolute atomic E-state index is 0.557. The highest BCUT2D eigenvalue weighted by Crippen LogP contribution is 2.46. The molecule has 0 N–H and O–H groups in total. The van der Waals surface area contributed by atoms with E-state index in [1.165, 1.54) is 0 Å². The van der Waals surface area contributed by atoms with Gasteiger partial charge in [0.25, 0.3) is 0 Å². The number of hydrogen-bond acceptors (Lipinski definition) is 6. The van der Waals surface area contributed by atoms with Crippen LogP contribution in [0.3, 0.4) is 0 Å². The van der Waals surface area contributed by atoms with Crippen LogP contribution in [0.2, 0.25) is 0 Å². The second-order valence-corrected chi connectivity index (χ2v) is 17.7. The third-order valence-corrected chi connectivity index (χ3v) is 13.9. The van der Waals surface area contributed by atoms with Crippen molar-refractivity contribution in [3.63, 3.8) is 0 Å². The molecule has 0 saturated heterocycles. The van der Waals surface area contributed by atoms with E-state index in [2.05, 4.69) is 130 Å². The average molecular weight is 897 g/mol. The van der Waals surface area contributed by atoms with Gasteiger partial charge in [0, 0.05) is 72.5 Å². The highest BCUT2D eigenvalue weighted by molar-refractivity contribution is 6.25. The van der Waals surface area contributed by atoms with Crippen LogP contribution in [0.5, 0.6) is 0 Å². The first-order valence-corrected chi connectivity index (χ1v) is 23.4. The Bertz CT molecular complexity index is 4540. The molecule has 8 heteroatoms. The largest absolute Gasteiger partial charge is 0.455 e. The summed E-state index contributed by atoms with van der Waals surface area (Å²) in [5, 5.41) is 8.67. The molecule has 326 valence electrons. The highest BCUT2D eigenvalue weighted by atomic mass is 16.3. The van der Waals surface area contributed by atoms with Crippen LogP contribution in [0.25, 0.3) is 144 Å². The van der Waals surface area contributed by atoms with Crippen molar-refractivity contribution in [2.75, 3.05) is 0 Å². The second kappa shape index (κ2) is 14.9. The lowest BCUT2D eigenvalue weighted by Crippen LogP contribution is -2.04. The quantitative estimate of drug-likeness (QED) is 0.165. The van der Waals surface area contributed by atoms with E-state index in [4.69, 9.17) is 28.8 Å². The molecule has 0 spiro atoms. The maximum Gasteiger partial charge on any atom is 0.164 e. The molecular formula is C62H36N6O2. The Labute approximate surface area is 399 Å². The topological polar surface area (TPSA) is 87.7 Å². The molecule has 6 heterocycles. The Morgan fingerprint density at radius 2 is 0.786 bits per heavy atom. The number of para-hydroxylation sites is 4. The molecule has 0 saturated carbocycles. The number of benzene rings is 9. The highest BCUT2D eigenvalue weighted by Gasteiger charge is 2.25. The van der Waals surface area contributed by atoms with Crippen molar-refractivity contribution in [3.8, 4) is 56.7 Å². The zero-order chi connectivity index (χ0) is 45.9. The first-order valence-electron chi connectivity index (χ1n) is 23.4. The number of nitrogens with zero attached hydrogens (tertiary/aromatic N) is 6. The summed E-state index contributed by atoms with van der Waals surface area (Å²) in [6.45, 7) is 0. The Balaban J connectivity index is 1.04. The molecule has 0 fully saturated rings. The van der Waals surface area contributed by atoms with E-state index >= 15 is 0 Å². The first kappa shape index (κ1) is 38.4. The minimum atomic E-state index is 0.557. The minimum Gasteiger partial charge on any atom is -0.455 e. The van der Waals surface area contributed by atoms with Gasteiger partial charge in [0.15, 0.2) is 17.5 Å². The summed E-state index contributed by atoms with van der Waals surface area (Å²) in [7, 11) is 0. The average Bonchev–Trinajstić information content (AvgIpc) is 4.19. The number of fused-ring (bicyclic) bond motifs is 14. The van der Waals surface area contributed by atoms with Crippen LogP contribution in [0.4, 0.5) is 0 Å². The van der Waals surface area contributed by atoms with Crippen LogP contribution < -0.4 is 0 Å². The van der Waals surface area contributed by atoms with Crippen molar-refractivity contribution < 1.29 is 8.83 Å². The zero-order valence-electron chi connectivity index (χ0n) is 37.3. The number of pyridine rings is 1. The van der Waals surface area contributed by atoms with Crippen molar-refractivity contribution in [2.24, 2.45) is 0 Å². The number of furan rings is 2. The van der Waals surface area contributed by atoms with Crippen LogP contribution >= 0.6 is 0 Å². The van der Waals surface area contributed by atoms with Crippen molar-refractivity contribution in [1.29, 1.82) is 0 Å². The van der Waals surface area contributed by atoms with Gasteiger partial charge in [0.2, 0.25) is 0 Å². The van der Waals surface area contributed by atoms with E-state index in [-0.39, 0.29) is 0 Å². The molecule has 6 aromatic heterocycles. The Morgan fingerprint density at radius 1 is 0.329 bits per heavy atom. The molecule has 0 aliphatic carbocycles. The Hall–Kier alpha value is -9.66. The van der Waals surface area contributed by atoms with E-state index in [1.807, 2.05) is 97.3 Å². The van der Waals surface area contributed by atoms with E-state index in [9.17, 15) is 0 Å². The molecular weight excluding hydrogens is 861 g/mol. The van der Waals surface area contributed by atoms with Gasteiger partial charge in [-0.1, -0.05) is 133 Å². The van der Waals surface area contributed by atoms with Crippen molar-refractivity contribution in [1.82, 2.24) is 29.1 Å². The van der Waals surface area contributed by atoms with E-state index in [1.54, 1.807) is 0 Å². The summed E-state index contributed by atoms with van der Waals surface area (Å²) in [5.74, 6) is 1.74. The fourth-order valence-corrected chi connectivity index (χ4v) is 10.8. The summed E-state index contributed by atoms with van der Waals surface area (Å²) in [4.78, 5) is 20.3. The summed E-state index contributed by atoms with van der Waals surface area (Å²) in [5.41, 5.74) is 14.0. The maximum atomic E-state index is 6.75. The Kier molecular flexibility index (Phi) is 8.20. The van der Waals surface area contributed by atoms with Gasteiger partial charge in [0.1, 0.15) is 22.3 Å². The molecule has 8 nitrogen and oxygen atoms in total. The van der Waals surface area contributed by atoms with E-state index in [0.29, 0.717) is 17.5 Å². The third kappa shape index (κ3) is 5.64. The number of aromatic nitrogens is 6. The molecule has 0 atom stereocenters. The van der Waals surface area contributed by atoms with Gasteiger partial charge in [-0.3, -0.25) is 4.98 Å². The van der Waals surface area contributed by atoms with Crippen LogP contribution in [-0.4, -0.2) is 29.1 Å². The van der Waals surface area contributed by atoms with Gasteiger partial charge < -0.3 is 18.0 Å². The monoisotopic (exact) mass is 896 g/mol. The third-order valence-electron chi connectivity index (χ3n) is 13.9. The first-order chi connectivity index (χ1) is 34.7. The van der Waals surface area contributed by atoms with Gasteiger partial charge >= 0.3 is 0 Å². The lowest BCUT2D eigenvalue weighted by Gasteiger charge is -2.19. The molecule has 0 aliphatic rings. The molecule has 15 aromatic rings. The smallest absolute Gasteiger partial charge is 0.164 e. The molecule has 15 rings (SSSR count). The van der Waals surface area contributed by atoms with Crippen molar-refractivity contribution in [3.05, 3.63) is 219 Å². The lowest BCUT2D eigenvalue weighted by molar-refractivity contribution is 0.672. The summed E-state index contributed by atoms with van der Waals surface area (Å²) >= 11 is 0. The van der Waals surface area contributed by atoms with Crippen molar-refractivity contribution >= 4 is 87.5 Å². The fraction of sp³-hybridized carbons (Fsp3) is 0. The van der Waals surface area contributed by atoms with Gasteiger partial charge in [0.05, 0.1) is 44.2 Å². The van der Waals surface area contributed by atoms with E-state index in [0.717, 1.165) is 127 Å². The fourth-order valence-electron chi connectivity index (χ4n) is 10.8. The summed E-state index contributed by atoms with van der Waals surface area (Å²) in [6.07, 6.45) is 3.87. The molecule has 0 radical (unpaired) electrons. The van der Waals surface area contributed by atoms with Gasteiger partial charge in [-0.25, -0.2) is 15.0 Å². The summed E-state index contributed by atoms with van der Waals surface area (Å²) in [6, 6.07) is 71.5. The standard InChI is InChI=1S/C62H36N6O2/c1-3-15-37(16-4-1)60-64-61(38-17-5-2-6-18-38)66-62(65-60)39-27-30-50(67-48-23-11-7-21-44(48)56-52(67)31-28-42-40-19-9-13-25-54(40)69-58(42)56)46(35-39)47-36-63-34-33-51(47)68-49-24-12-8-22-45(49)57-53(68)32-29-43-41-20-10-14-26-55(41)70-59(43)57/h1-36H. The lowest BCUT2D eigenvalue weighted by atomic mass is 9.99. The van der Waals surface area contributed by atoms with Crippen LogP contribution in [-0.2, 0) is 0 Å². The SMILES string of the molecule is c1ccc(-c2nc(-c3ccccc3)nc(-c3ccc(-n4c5ccccc5c5c6oc7ccccc7c6ccc54)c(-c4cnccc4-n4c5ccccc5c5c6oc7ccccc7c6ccc54)c3)n2)cc1. The molecule has 0 bridgehead atoms. The normalized spacial score (nSPS) is 12.0. The molecule has 0 amide bonds. The van der Waals surface area contributed by atoms with Gasteiger partial charge in [-0.2, -0.15) is 0 Å².